The lowest BCUT2D eigenvalue weighted by Crippen LogP contribution is -1.89. The van der Waals surface area contributed by atoms with Crippen LogP contribution in [0.5, 0.6) is 0 Å². The Morgan fingerprint density at radius 3 is 2.86 bits per heavy atom. The van der Waals surface area contributed by atoms with Crippen molar-refractivity contribution in [1.29, 1.82) is 0 Å². The first-order valence-electron chi connectivity index (χ1n) is 2.46. The Bertz CT molecular complexity index is 132. The maximum Gasteiger partial charge on any atom is 0.132 e. The number of fused-ring (bicyclic) bond motifs is 1. The zero-order valence-corrected chi connectivity index (χ0v) is 5.11. The molecule has 0 saturated carbocycles. The lowest BCUT2D eigenvalue weighted by atomic mass is 10.4. The Balaban J connectivity index is 2.32. The Kier molecular flexibility index (Phi) is 0.542. The Hall–Kier alpha value is 0.130. The molecule has 2 aliphatic heterocycles. The van der Waals surface area contributed by atoms with Gasteiger partial charge in [0.05, 0.1) is 8.15 Å². The van der Waals surface area contributed by atoms with Gasteiger partial charge in [-0.05, 0) is 13.0 Å². The van der Waals surface area contributed by atoms with Crippen LogP contribution >= 0.6 is 8.15 Å². The van der Waals surface area contributed by atoms with E-state index >= 15 is 0 Å². The van der Waals surface area contributed by atoms with Crippen molar-refractivity contribution in [3.8, 4) is 0 Å². The van der Waals surface area contributed by atoms with Gasteiger partial charge in [-0.1, -0.05) is 6.08 Å². The fourth-order valence-electron chi connectivity index (χ4n) is 0.902. The van der Waals surface area contributed by atoms with Crippen LogP contribution in [-0.2, 0) is 4.52 Å². The van der Waals surface area contributed by atoms with Gasteiger partial charge in [-0.3, -0.25) is 0 Å². The van der Waals surface area contributed by atoms with E-state index in [9.17, 15) is 0 Å². The van der Waals surface area contributed by atoms with E-state index in [-0.39, 0.29) is 13.5 Å². The zero-order chi connectivity index (χ0) is 4.91. The Labute approximate surface area is 44.2 Å². The van der Waals surface area contributed by atoms with Gasteiger partial charge in [0.1, 0.15) is 5.34 Å². The largest absolute Gasteiger partial charge is 0.339 e. The molecule has 2 heteroatoms. The fraction of sp³-hybridized carbons (Fsp3) is 0.600. The van der Waals surface area contributed by atoms with E-state index in [1.807, 2.05) is 0 Å². The van der Waals surface area contributed by atoms with Crippen molar-refractivity contribution in [1.82, 2.24) is 0 Å². The zero-order valence-electron chi connectivity index (χ0n) is 4.22. The normalized spacial score (nSPS) is 54.7. The molecule has 0 aromatic rings. The third kappa shape index (κ3) is 0.402. The van der Waals surface area contributed by atoms with Gasteiger partial charge < -0.3 is 4.52 Å². The van der Waals surface area contributed by atoms with Gasteiger partial charge in [0, 0.05) is 6.16 Å². The van der Waals surface area contributed by atoms with Crippen LogP contribution in [0.2, 0.25) is 0 Å². The van der Waals surface area contributed by atoms with Gasteiger partial charge >= 0.3 is 0 Å². The van der Waals surface area contributed by atoms with Crippen LogP contribution in [0.1, 0.15) is 6.92 Å². The first kappa shape index (κ1) is 4.05. The van der Waals surface area contributed by atoms with Crippen LogP contribution in [0.25, 0.3) is 0 Å². The summed E-state index contributed by atoms with van der Waals surface area (Å²) in [6.07, 6.45) is 5.60. The van der Waals surface area contributed by atoms with Crippen LogP contribution in [-0.4, -0.2) is 11.5 Å². The van der Waals surface area contributed by atoms with Gasteiger partial charge in [-0.25, -0.2) is 0 Å². The van der Waals surface area contributed by atoms with E-state index in [2.05, 4.69) is 19.1 Å². The van der Waals surface area contributed by atoms with E-state index < -0.39 is 0 Å². The second-order valence-corrected chi connectivity index (χ2v) is 4.30. The highest BCUT2D eigenvalue weighted by Crippen LogP contribution is 2.73. The third-order valence-electron chi connectivity index (χ3n) is 1.46. The molecule has 2 unspecified atom stereocenters. The standard InChI is InChI=1S/C5H7OP/c1-5-3-2-4-7(5)6-5/h2-3H,4H2,1H3. The van der Waals surface area contributed by atoms with Gasteiger partial charge in [0.25, 0.3) is 0 Å². The summed E-state index contributed by atoms with van der Waals surface area (Å²) in [6.45, 7) is 2.15. The van der Waals surface area contributed by atoms with Crippen molar-refractivity contribution in [3.05, 3.63) is 12.2 Å². The highest BCUT2D eigenvalue weighted by atomic mass is 31.2. The highest BCUT2D eigenvalue weighted by Gasteiger charge is 2.52. The molecule has 1 nitrogen and oxygen atoms in total. The third-order valence-corrected chi connectivity index (χ3v) is 3.66. The lowest BCUT2D eigenvalue weighted by Gasteiger charge is -1.84. The molecular weight excluding hydrogens is 107 g/mol. The molecule has 38 valence electrons. The van der Waals surface area contributed by atoms with Gasteiger partial charge in [0.15, 0.2) is 0 Å². The summed E-state index contributed by atoms with van der Waals surface area (Å²) in [6, 6.07) is 0. The van der Waals surface area contributed by atoms with Crippen LogP contribution in [0.3, 0.4) is 0 Å². The molecule has 1 fully saturated rings. The Morgan fingerprint density at radius 1 is 1.86 bits per heavy atom. The number of hydrogen-bond acceptors (Lipinski definition) is 1. The van der Waals surface area contributed by atoms with Crippen molar-refractivity contribution in [2.24, 2.45) is 0 Å². The Morgan fingerprint density at radius 2 is 2.71 bits per heavy atom. The molecule has 2 aliphatic rings. The minimum absolute atomic E-state index is 0.00849. The van der Waals surface area contributed by atoms with Crippen molar-refractivity contribution in [3.63, 3.8) is 0 Å². The SMILES string of the molecule is CC12C=CCP1O2. The molecule has 0 N–H and O–H groups in total. The highest BCUT2D eigenvalue weighted by molar-refractivity contribution is 7.61. The van der Waals surface area contributed by atoms with E-state index in [0.717, 1.165) is 0 Å². The summed E-state index contributed by atoms with van der Waals surface area (Å²) in [7, 11) is 0.00849. The van der Waals surface area contributed by atoms with Crippen LogP contribution in [0, 0.1) is 0 Å². The first-order valence-corrected chi connectivity index (χ1v) is 3.90. The van der Waals surface area contributed by atoms with Crippen LogP contribution < -0.4 is 0 Å². The van der Waals surface area contributed by atoms with Gasteiger partial charge in [-0.15, -0.1) is 0 Å². The fourth-order valence-corrected chi connectivity index (χ4v) is 2.55. The second kappa shape index (κ2) is 0.936. The number of rotatable bonds is 0. The maximum absolute atomic E-state index is 5.32. The molecule has 0 aliphatic carbocycles. The molecule has 2 rings (SSSR count). The van der Waals surface area contributed by atoms with E-state index in [0.29, 0.717) is 0 Å². The van der Waals surface area contributed by atoms with Crippen molar-refractivity contribution in [2.45, 2.75) is 12.3 Å². The predicted octanol–water partition coefficient (Wildman–Crippen LogP) is 1.70. The molecule has 7 heavy (non-hydrogen) atoms. The average Bonchev–Trinajstić information content (AvgIpc) is 2.09. The molecule has 0 amide bonds. The molecule has 2 atom stereocenters. The summed E-state index contributed by atoms with van der Waals surface area (Å²) in [5.74, 6) is 0. The van der Waals surface area contributed by atoms with Crippen molar-refractivity contribution in [2.75, 3.05) is 6.16 Å². The monoisotopic (exact) mass is 114 g/mol. The van der Waals surface area contributed by atoms with Crippen LogP contribution in [0.4, 0.5) is 0 Å². The average molecular weight is 114 g/mol. The van der Waals surface area contributed by atoms with E-state index in [4.69, 9.17) is 4.52 Å². The lowest BCUT2D eigenvalue weighted by molar-refractivity contribution is 0.401. The van der Waals surface area contributed by atoms with E-state index in [1.165, 1.54) is 6.16 Å². The molecule has 0 aromatic carbocycles. The minimum atomic E-state index is 0.00849. The van der Waals surface area contributed by atoms with Gasteiger partial charge in [0.2, 0.25) is 0 Å². The minimum Gasteiger partial charge on any atom is -0.339 e. The second-order valence-electron chi connectivity index (χ2n) is 2.11. The smallest absolute Gasteiger partial charge is 0.132 e. The van der Waals surface area contributed by atoms with Gasteiger partial charge in [-0.2, -0.15) is 0 Å². The summed E-state index contributed by atoms with van der Waals surface area (Å²) >= 11 is 0. The molecular formula is C5H7OP. The summed E-state index contributed by atoms with van der Waals surface area (Å²) in [5, 5.41) is 0.245. The summed E-state index contributed by atoms with van der Waals surface area (Å²) in [5.41, 5.74) is 0. The van der Waals surface area contributed by atoms with Crippen molar-refractivity contribution >= 4 is 8.15 Å². The van der Waals surface area contributed by atoms with E-state index in [1.54, 1.807) is 0 Å². The predicted molar refractivity (Wildman–Crippen MR) is 30.4 cm³/mol. The maximum atomic E-state index is 5.32. The van der Waals surface area contributed by atoms with Crippen LogP contribution in [0.15, 0.2) is 12.2 Å². The quantitative estimate of drug-likeness (QED) is 0.265. The topological polar surface area (TPSA) is 12.5 Å². The molecule has 2 heterocycles. The number of hydrogen-bond donors (Lipinski definition) is 0. The summed E-state index contributed by atoms with van der Waals surface area (Å²) < 4.78 is 5.32. The summed E-state index contributed by atoms with van der Waals surface area (Å²) in [4.78, 5) is 0. The molecule has 1 saturated heterocycles. The molecule has 0 bridgehead atoms. The molecule has 0 spiro atoms. The van der Waals surface area contributed by atoms with Crippen molar-refractivity contribution < 1.29 is 4.52 Å². The molecule has 0 aromatic heterocycles. The number of allylic oxidation sites excluding steroid dienone is 1. The first-order chi connectivity index (χ1) is 3.31. The molecule has 0 radical (unpaired) electrons.